The van der Waals surface area contributed by atoms with Crippen LogP contribution in [0.1, 0.15) is 26.7 Å². The van der Waals surface area contributed by atoms with E-state index in [-0.39, 0.29) is 44.5 Å². The van der Waals surface area contributed by atoms with Crippen LogP contribution < -0.4 is 0 Å². The van der Waals surface area contributed by atoms with Gasteiger partial charge in [0.25, 0.3) is 0 Å². The van der Waals surface area contributed by atoms with Crippen LogP contribution in [0.3, 0.4) is 0 Å². The van der Waals surface area contributed by atoms with E-state index in [0.29, 0.717) is 6.42 Å². The second-order valence-corrected chi connectivity index (χ2v) is 4.63. The van der Waals surface area contributed by atoms with Gasteiger partial charge in [-0.1, -0.05) is 6.92 Å². The number of carbonyl (C=O) groups excluding carboxylic acids is 2. The molecule has 1 atom stereocenters. The maximum Gasteiger partial charge on any atom is 0.313 e. The zero-order valence-electron chi connectivity index (χ0n) is 10.9. The molecule has 6 heteroatoms. The first kappa shape index (κ1) is 17.0. The largest absolute Gasteiger partial charge is 0.465 e. The Kier molecular flexibility index (Phi) is 7.73. The highest BCUT2D eigenvalue weighted by molar-refractivity contribution is 5.94. The summed E-state index contributed by atoms with van der Waals surface area (Å²) < 4.78 is 4.85. The third-order valence-electron chi connectivity index (χ3n) is 3.20. The average Bonchev–Trinajstić information content (AvgIpc) is 2.31. The molecule has 0 rings (SSSR count). The number of esters is 1. The highest BCUT2D eigenvalue weighted by Crippen LogP contribution is 2.28. The van der Waals surface area contributed by atoms with Crippen molar-refractivity contribution in [2.75, 3.05) is 26.4 Å². The summed E-state index contributed by atoms with van der Waals surface area (Å²) >= 11 is 0. The van der Waals surface area contributed by atoms with Gasteiger partial charge < -0.3 is 20.1 Å². The van der Waals surface area contributed by atoms with Gasteiger partial charge >= 0.3 is 5.97 Å². The molecule has 0 aliphatic heterocycles. The summed E-state index contributed by atoms with van der Waals surface area (Å²) in [6, 6.07) is 0. The topological polar surface area (TPSA) is 104 Å². The molecule has 0 saturated carbocycles. The lowest BCUT2D eigenvalue weighted by atomic mass is 9.77. The molecule has 106 valence electrons. The van der Waals surface area contributed by atoms with Gasteiger partial charge in [0.05, 0.1) is 26.4 Å². The van der Waals surface area contributed by atoms with Crippen LogP contribution >= 0.6 is 0 Å². The molecule has 0 aromatic heterocycles. The number of carbonyl (C=O) groups is 2. The van der Waals surface area contributed by atoms with E-state index in [1.165, 1.54) is 6.92 Å². The quantitative estimate of drug-likeness (QED) is 0.382. The van der Waals surface area contributed by atoms with E-state index in [0.717, 1.165) is 0 Å². The smallest absolute Gasteiger partial charge is 0.313 e. The first-order chi connectivity index (χ1) is 8.41. The molecule has 0 aliphatic carbocycles. The average molecular weight is 262 g/mol. The Labute approximate surface area is 107 Å². The lowest BCUT2D eigenvalue weighted by Gasteiger charge is -2.33. The van der Waals surface area contributed by atoms with E-state index < -0.39 is 11.4 Å². The van der Waals surface area contributed by atoms with Gasteiger partial charge in [-0.3, -0.25) is 9.59 Å². The lowest BCUT2D eigenvalue weighted by Crippen LogP contribution is -2.40. The number of hydrogen-bond acceptors (Lipinski definition) is 6. The molecule has 1 unspecified atom stereocenters. The van der Waals surface area contributed by atoms with Crippen molar-refractivity contribution in [1.29, 1.82) is 0 Å². The normalized spacial score (nSPS) is 13.2. The van der Waals surface area contributed by atoms with E-state index in [9.17, 15) is 24.9 Å². The molecule has 0 aromatic rings. The number of Topliss-reactive ketones (excluding diaryl/α,β-unsaturated/α-hetero) is 1. The number of aliphatic hydroxyl groups is 3. The van der Waals surface area contributed by atoms with Crippen molar-refractivity contribution in [3.63, 3.8) is 0 Å². The minimum absolute atomic E-state index is 0.0923. The summed E-state index contributed by atoms with van der Waals surface area (Å²) in [5.41, 5.74) is -0.979. The Hall–Kier alpha value is -0.980. The van der Waals surface area contributed by atoms with E-state index >= 15 is 0 Å². The molecule has 0 fully saturated rings. The van der Waals surface area contributed by atoms with Crippen LogP contribution in [0.5, 0.6) is 0 Å². The minimum atomic E-state index is -0.979. The summed E-state index contributed by atoms with van der Waals surface area (Å²) in [5.74, 6) is -1.07. The van der Waals surface area contributed by atoms with Crippen LogP contribution in [0, 0.1) is 11.3 Å². The number of ketones is 1. The fourth-order valence-electron chi connectivity index (χ4n) is 1.53. The van der Waals surface area contributed by atoms with Crippen LogP contribution in [-0.4, -0.2) is 53.5 Å². The lowest BCUT2D eigenvalue weighted by molar-refractivity contribution is -0.146. The Bertz CT molecular complexity index is 263. The third-order valence-corrected chi connectivity index (χ3v) is 3.20. The summed E-state index contributed by atoms with van der Waals surface area (Å²) in [4.78, 5) is 21.8. The van der Waals surface area contributed by atoms with Crippen molar-refractivity contribution in [3.8, 4) is 0 Å². The van der Waals surface area contributed by atoms with Crippen molar-refractivity contribution in [3.05, 3.63) is 0 Å². The maximum atomic E-state index is 11.1. The molecule has 0 saturated heterocycles. The van der Waals surface area contributed by atoms with Crippen molar-refractivity contribution in [2.24, 2.45) is 11.3 Å². The molecule has 0 aromatic carbocycles. The summed E-state index contributed by atoms with van der Waals surface area (Å²) in [7, 11) is 0. The molecular weight excluding hydrogens is 240 g/mol. The van der Waals surface area contributed by atoms with E-state index in [2.05, 4.69) is 0 Å². The number of rotatable bonds is 9. The van der Waals surface area contributed by atoms with Gasteiger partial charge in [0, 0.05) is 5.41 Å². The van der Waals surface area contributed by atoms with E-state index in [1.807, 2.05) is 0 Å². The summed E-state index contributed by atoms with van der Waals surface area (Å²) in [5, 5.41) is 27.6. The van der Waals surface area contributed by atoms with E-state index in [4.69, 9.17) is 4.74 Å². The van der Waals surface area contributed by atoms with Gasteiger partial charge in [0.15, 0.2) is 0 Å². The highest BCUT2D eigenvalue weighted by Gasteiger charge is 2.34. The monoisotopic (exact) mass is 262 g/mol. The molecular formula is C12H22O6. The van der Waals surface area contributed by atoms with Crippen molar-refractivity contribution >= 4 is 11.8 Å². The molecule has 0 bridgehead atoms. The molecule has 6 nitrogen and oxygen atoms in total. The molecule has 0 aliphatic rings. The molecule has 3 N–H and O–H groups in total. The Morgan fingerprint density at radius 2 is 1.67 bits per heavy atom. The van der Waals surface area contributed by atoms with Gasteiger partial charge in [0.1, 0.15) is 12.2 Å². The third kappa shape index (κ3) is 5.12. The zero-order chi connectivity index (χ0) is 14.2. The second-order valence-electron chi connectivity index (χ2n) is 4.63. The zero-order valence-corrected chi connectivity index (χ0v) is 10.9. The predicted octanol–water partition coefficient (Wildman–Crippen LogP) is -0.502. The Morgan fingerprint density at radius 1 is 1.17 bits per heavy atom. The SMILES string of the molecule is CC(=O)CC(=O)OCCC(C)C(CO)(CO)CO. The minimum Gasteiger partial charge on any atom is -0.465 e. The van der Waals surface area contributed by atoms with Gasteiger partial charge in [-0.2, -0.15) is 0 Å². The number of ether oxygens (including phenoxy) is 1. The molecule has 0 spiro atoms. The van der Waals surface area contributed by atoms with Crippen LogP contribution in [0.15, 0.2) is 0 Å². The van der Waals surface area contributed by atoms with E-state index in [1.54, 1.807) is 6.92 Å². The predicted molar refractivity (Wildman–Crippen MR) is 63.7 cm³/mol. The number of aliphatic hydroxyl groups excluding tert-OH is 3. The molecule has 0 amide bonds. The van der Waals surface area contributed by atoms with Crippen LogP contribution in [-0.2, 0) is 14.3 Å². The fourth-order valence-corrected chi connectivity index (χ4v) is 1.53. The first-order valence-corrected chi connectivity index (χ1v) is 5.89. The van der Waals surface area contributed by atoms with Gasteiger partial charge in [-0.15, -0.1) is 0 Å². The van der Waals surface area contributed by atoms with Gasteiger partial charge in [0.2, 0.25) is 0 Å². The standard InChI is InChI=1S/C12H22O6/c1-9(12(6-13,7-14)8-15)3-4-18-11(17)5-10(2)16/h9,13-15H,3-8H2,1-2H3. The summed E-state index contributed by atoms with van der Waals surface area (Å²) in [6.45, 7) is 2.11. The fraction of sp³-hybridized carbons (Fsp3) is 0.833. The Balaban J connectivity index is 4.13. The molecule has 0 radical (unpaired) electrons. The molecule has 18 heavy (non-hydrogen) atoms. The van der Waals surface area contributed by atoms with Crippen molar-refractivity contribution < 1.29 is 29.6 Å². The van der Waals surface area contributed by atoms with Gasteiger partial charge in [-0.25, -0.2) is 0 Å². The van der Waals surface area contributed by atoms with Gasteiger partial charge in [-0.05, 0) is 19.3 Å². The molecule has 0 heterocycles. The van der Waals surface area contributed by atoms with Crippen molar-refractivity contribution in [1.82, 2.24) is 0 Å². The summed E-state index contributed by atoms with van der Waals surface area (Å²) in [6.07, 6.45) is 0.144. The van der Waals surface area contributed by atoms with Crippen LogP contribution in [0.25, 0.3) is 0 Å². The maximum absolute atomic E-state index is 11.1. The second kappa shape index (κ2) is 8.18. The first-order valence-electron chi connectivity index (χ1n) is 5.89. The van der Waals surface area contributed by atoms with Crippen LogP contribution in [0.2, 0.25) is 0 Å². The number of hydrogen-bond donors (Lipinski definition) is 3. The van der Waals surface area contributed by atoms with Crippen molar-refractivity contribution in [2.45, 2.75) is 26.7 Å². The Morgan fingerprint density at radius 3 is 2.06 bits per heavy atom. The highest BCUT2D eigenvalue weighted by atomic mass is 16.5. The van der Waals surface area contributed by atoms with Crippen LogP contribution in [0.4, 0.5) is 0 Å².